The van der Waals surface area contributed by atoms with E-state index in [-0.39, 0.29) is 45.0 Å². The molecule has 4 heterocycles. The summed E-state index contributed by atoms with van der Waals surface area (Å²) in [7, 11) is 0. The van der Waals surface area contributed by atoms with Crippen molar-refractivity contribution < 1.29 is 47.9 Å². The molecule has 0 radical (unpaired) electrons. The molecule has 0 atom stereocenters. The molecule has 20 heteroatoms. The molecule has 4 aromatic rings. The second-order valence-corrected chi connectivity index (χ2v) is 12.3. The van der Waals surface area contributed by atoms with Crippen molar-refractivity contribution in [2.45, 2.75) is 12.1 Å². The largest absolute Gasteiger partial charge is 0.328 e. The molecule has 2 fully saturated rings. The second kappa shape index (κ2) is 13.2. The van der Waals surface area contributed by atoms with Crippen LogP contribution in [0.5, 0.6) is 0 Å². The Morgan fingerprint density at radius 3 is 1.05 bits per heavy atom. The van der Waals surface area contributed by atoms with Crippen LogP contribution in [-0.2, 0) is 19.2 Å². The summed E-state index contributed by atoms with van der Waals surface area (Å²) in [4.78, 5) is 126. The quantitative estimate of drug-likeness (QED) is 0.122. The van der Waals surface area contributed by atoms with Gasteiger partial charge in [-0.2, -0.15) is 20.5 Å². The van der Waals surface area contributed by atoms with Crippen molar-refractivity contribution in [1.82, 2.24) is 21.3 Å². The molecule has 4 aromatic carbocycles. The Morgan fingerprint density at radius 2 is 0.714 bits per heavy atom. The molecule has 56 heavy (non-hydrogen) atoms. The predicted molar refractivity (Wildman–Crippen MR) is 187 cm³/mol. The van der Waals surface area contributed by atoms with Crippen LogP contribution in [0.4, 0.5) is 32.3 Å². The van der Waals surface area contributed by atoms with Crippen LogP contribution in [0.25, 0.3) is 11.1 Å². The van der Waals surface area contributed by atoms with Crippen LogP contribution in [0.3, 0.4) is 0 Å². The maximum absolute atomic E-state index is 13.6. The Labute approximate surface area is 311 Å². The van der Waals surface area contributed by atoms with E-state index < -0.39 is 71.4 Å². The van der Waals surface area contributed by atoms with Gasteiger partial charge in [0.25, 0.3) is 47.3 Å². The fraction of sp³-hybridized carbons (Fsp3) is 0.0556. The highest BCUT2D eigenvalue weighted by Gasteiger charge is 2.39. The molecule has 4 aliphatic rings. The first-order valence-electron chi connectivity index (χ1n) is 16.3. The maximum atomic E-state index is 13.6. The first-order valence-corrected chi connectivity index (χ1v) is 16.3. The van der Waals surface area contributed by atoms with Crippen LogP contribution in [0.1, 0.15) is 41.4 Å². The van der Waals surface area contributed by atoms with Crippen LogP contribution < -0.4 is 31.1 Å². The molecule has 0 saturated carbocycles. The number of azo groups is 2. The molecule has 4 aliphatic heterocycles. The van der Waals surface area contributed by atoms with Gasteiger partial charge in [0.1, 0.15) is 0 Å². The molecule has 0 unspecified atom stereocenters. The number of barbiturate groups is 2. The van der Waals surface area contributed by atoms with Crippen molar-refractivity contribution in [1.29, 1.82) is 0 Å². The molecule has 274 valence electrons. The topological polar surface area (TPSA) is 275 Å². The number of benzene rings is 4. The molecule has 0 aromatic heterocycles. The first kappa shape index (κ1) is 34.7. The van der Waals surface area contributed by atoms with Crippen LogP contribution >= 0.6 is 0 Å². The van der Waals surface area contributed by atoms with E-state index in [4.69, 9.17) is 0 Å². The maximum Gasteiger partial charge on any atom is 0.328 e. The highest BCUT2D eigenvalue weighted by molar-refractivity contribution is 6.36. The molecule has 4 N–H and O–H groups in total. The lowest BCUT2D eigenvalue weighted by Crippen LogP contribution is -2.57. The number of hydrogen-bond acceptors (Lipinski definition) is 14. The smallest absolute Gasteiger partial charge is 0.275 e. The minimum atomic E-state index is -1.58. The fourth-order valence-electron chi connectivity index (χ4n) is 6.13. The molecular formula is C36H20N10O10. The van der Waals surface area contributed by atoms with E-state index in [1.165, 1.54) is 72.8 Å². The summed E-state index contributed by atoms with van der Waals surface area (Å²) in [5, 5.41) is 22.7. The number of carbonyl (C=O) groups excluding carboxylic acids is 10. The zero-order valence-electron chi connectivity index (χ0n) is 28.0. The van der Waals surface area contributed by atoms with Crippen molar-refractivity contribution in [3.05, 3.63) is 107 Å². The van der Waals surface area contributed by atoms with E-state index in [1.807, 2.05) is 21.3 Å². The van der Waals surface area contributed by atoms with Crippen LogP contribution in [0.2, 0.25) is 0 Å². The van der Waals surface area contributed by atoms with Gasteiger partial charge in [0, 0.05) is 0 Å². The van der Waals surface area contributed by atoms with Crippen LogP contribution in [-0.4, -0.2) is 71.4 Å². The lowest BCUT2D eigenvalue weighted by atomic mass is 9.97. The van der Waals surface area contributed by atoms with Gasteiger partial charge >= 0.3 is 12.1 Å². The van der Waals surface area contributed by atoms with Gasteiger partial charge in [0.15, 0.2) is 0 Å². The lowest BCUT2D eigenvalue weighted by molar-refractivity contribution is -0.133. The summed E-state index contributed by atoms with van der Waals surface area (Å²) in [6.45, 7) is 0. The molecule has 12 amide bonds. The number of rotatable bonds is 7. The molecule has 8 rings (SSSR count). The number of urea groups is 2. The summed E-state index contributed by atoms with van der Waals surface area (Å²) in [6.07, 6.45) is 0. The van der Waals surface area contributed by atoms with Crippen molar-refractivity contribution in [3.8, 4) is 11.1 Å². The van der Waals surface area contributed by atoms with E-state index in [2.05, 4.69) is 20.5 Å². The highest BCUT2D eigenvalue weighted by atomic mass is 16.2. The number of amides is 12. The minimum Gasteiger partial charge on any atom is -0.275 e. The van der Waals surface area contributed by atoms with E-state index >= 15 is 0 Å². The number of nitrogens with one attached hydrogen (secondary N) is 4. The zero-order chi connectivity index (χ0) is 39.4. The number of anilines is 2. The number of fused-ring (bicyclic) bond motifs is 2. The summed E-state index contributed by atoms with van der Waals surface area (Å²) < 4.78 is 0. The second-order valence-electron chi connectivity index (χ2n) is 12.3. The molecule has 0 bridgehead atoms. The molecular weight excluding hydrogens is 732 g/mol. The third-order valence-electron chi connectivity index (χ3n) is 8.84. The minimum absolute atomic E-state index is 0.0973. The Hall–Kier alpha value is -8.42. The number of imide groups is 6. The van der Waals surface area contributed by atoms with E-state index in [1.54, 1.807) is 12.1 Å². The SMILES string of the molecule is O=C1NC(=O)C(N=Nc2ccc(N3C(=O)c4ccc(-c5ccc6c(c5)C(=O)N(c5ccc(N=NC7C(=O)NC(=O)NC7=O)cc5)C6=O)cc4C3=O)cc2)C(=O)N1. The lowest BCUT2D eigenvalue weighted by Gasteiger charge is -2.16. The normalized spacial score (nSPS) is 17.5. The number of nitrogens with zero attached hydrogens (tertiary/aromatic N) is 6. The van der Waals surface area contributed by atoms with Crippen molar-refractivity contribution in [2.24, 2.45) is 20.5 Å². The van der Waals surface area contributed by atoms with Gasteiger partial charge in [0.2, 0.25) is 12.1 Å². The molecule has 0 aliphatic carbocycles. The standard InChI is InChI=1S/C36H20N10O10/c47-27-25(28(48)38-35(55)37-27)43-41-17-3-7-19(8-4-17)45-31(51)21-11-1-15(13-23(21)33(45)53)16-2-12-22-24(14-16)34(54)46(32(22)52)20-9-5-18(6-10-20)42-44-26-29(49)39-36(56)40-30(26)50/h1-14,25-26H,(H2,37,38,47,48,55)(H2,39,40,49,50,56). The average Bonchev–Trinajstić information content (AvgIpc) is 3.57. The Morgan fingerprint density at radius 1 is 0.393 bits per heavy atom. The summed E-state index contributed by atoms with van der Waals surface area (Å²) >= 11 is 0. The van der Waals surface area contributed by atoms with Gasteiger partial charge in [-0.25, -0.2) is 19.4 Å². The summed E-state index contributed by atoms with van der Waals surface area (Å²) in [6, 6.07) is 15.5. The Kier molecular flexibility index (Phi) is 8.18. The van der Waals surface area contributed by atoms with Crippen molar-refractivity contribution >= 4 is 82.1 Å². The zero-order valence-corrected chi connectivity index (χ0v) is 28.0. The Bertz CT molecular complexity index is 2380. The van der Waals surface area contributed by atoms with E-state index in [9.17, 15) is 47.9 Å². The van der Waals surface area contributed by atoms with E-state index in [0.717, 1.165) is 9.80 Å². The monoisotopic (exact) mass is 752 g/mol. The van der Waals surface area contributed by atoms with E-state index in [0.29, 0.717) is 11.1 Å². The highest BCUT2D eigenvalue weighted by Crippen LogP contribution is 2.36. The number of carbonyl (C=O) groups is 10. The summed E-state index contributed by atoms with van der Waals surface area (Å²) in [5.74, 6) is -6.19. The third-order valence-corrected chi connectivity index (χ3v) is 8.84. The van der Waals surface area contributed by atoms with Crippen LogP contribution in [0, 0.1) is 0 Å². The van der Waals surface area contributed by atoms with Gasteiger partial charge in [0.05, 0.1) is 45.0 Å². The fourth-order valence-corrected chi connectivity index (χ4v) is 6.13. The van der Waals surface area contributed by atoms with Gasteiger partial charge < -0.3 is 0 Å². The van der Waals surface area contributed by atoms with Crippen LogP contribution in [0.15, 0.2) is 105 Å². The van der Waals surface area contributed by atoms with Gasteiger partial charge in [-0.15, -0.1) is 0 Å². The molecule has 2 saturated heterocycles. The van der Waals surface area contributed by atoms with Crippen molar-refractivity contribution in [3.63, 3.8) is 0 Å². The Balaban J connectivity index is 0.971. The van der Waals surface area contributed by atoms with Gasteiger partial charge in [-0.1, -0.05) is 12.1 Å². The van der Waals surface area contributed by atoms with Gasteiger partial charge in [-0.3, -0.25) is 59.6 Å². The molecule has 0 spiro atoms. The number of hydrogen-bond donors (Lipinski definition) is 4. The summed E-state index contributed by atoms with van der Waals surface area (Å²) in [5.41, 5.74) is 2.22. The van der Waals surface area contributed by atoms with Gasteiger partial charge in [-0.05, 0) is 83.9 Å². The average molecular weight is 753 g/mol. The first-order chi connectivity index (χ1) is 26.9. The van der Waals surface area contributed by atoms with Crippen molar-refractivity contribution in [2.75, 3.05) is 9.80 Å². The third kappa shape index (κ3) is 5.93. The predicted octanol–water partition coefficient (Wildman–Crippen LogP) is 2.59. The molecule has 20 nitrogen and oxygen atoms in total.